The fraction of sp³-hybridized carbons (Fsp3) is 0.0588. The molecule has 3 heterocycles. The van der Waals surface area contributed by atoms with Crippen LogP contribution in [-0.4, -0.2) is 46.0 Å². The van der Waals surface area contributed by atoms with Gasteiger partial charge in [-0.15, -0.1) is 5.10 Å². The van der Waals surface area contributed by atoms with E-state index in [-0.39, 0.29) is 29.4 Å². The summed E-state index contributed by atoms with van der Waals surface area (Å²) < 4.78 is 30.1. The molecule has 0 saturated heterocycles. The minimum atomic E-state index is -1.11. The number of aliphatic carboxylic acids is 1. The van der Waals surface area contributed by atoms with Crippen LogP contribution >= 0.6 is 0 Å². The van der Waals surface area contributed by atoms with E-state index < -0.39 is 17.6 Å². The summed E-state index contributed by atoms with van der Waals surface area (Å²) in [4.78, 5) is 14.9. The van der Waals surface area contributed by atoms with E-state index in [0.717, 1.165) is 10.7 Å². The molecular weight excluding hydrogens is 386 g/mol. The van der Waals surface area contributed by atoms with Gasteiger partial charge in [0.25, 0.3) is 0 Å². The number of nitrogens with two attached hydrogens (primary N) is 1. The van der Waals surface area contributed by atoms with Crippen molar-refractivity contribution in [2.75, 3.05) is 5.73 Å². The summed E-state index contributed by atoms with van der Waals surface area (Å²) in [5.41, 5.74) is 7.18. The molecule has 1 aromatic carbocycles. The molecule has 0 aliphatic rings. The summed E-state index contributed by atoms with van der Waals surface area (Å²) in [5, 5.41) is 24.0. The molecule has 10 nitrogen and oxygen atoms in total. The van der Waals surface area contributed by atoms with Crippen LogP contribution in [0.4, 0.5) is 14.6 Å². The summed E-state index contributed by atoms with van der Waals surface area (Å²) in [6, 6.07) is 5.23. The van der Waals surface area contributed by atoms with Gasteiger partial charge in [-0.3, -0.25) is 9.48 Å². The Morgan fingerprint density at radius 2 is 2.03 bits per heavy atom. The van der Waals surface area contributed by atoms with Crippen molar-refractivity contribution in [1.29, 1.82) is 0 Å². The maximum absolute atomic E-state index is 14.2. The Hall–Kier alpha value is -4.22. The first-order valence-electron chi connectivity index (χ1n) is 8.17. The zero-order chi connectivity index (χ0) is 20.5. The lowest BCUT2D eigenvalue weighted by atomic mass is 10.1. The van der Waals surface area contributed by atoms with Gasteiger partial charge in [-0.2, -0.15) is 9.78 Å². The van der Waals surface area contributed by atoms with E-state index in [1.807, 2.05) is 0 Å². The Balaban J connectivity index is 1.79. The van der Waals surface area contributed by atoms with E-state index in [9.17, 15) is 13.6 Å². The monoisotopic (exact) mass is 398 g/mol. The van der Waals surface area contributed by atoms with E-state index in [2.05, 4.69) is 25.6 Å². The van der Waals surface area contributed by atoms with Gasteiger partial charge in [0, 0.05) is 23.5 Å². The third-order valence-corrected chi connectivity index (χ3v) is 4.05. The highest BCUT2D eigenvalue weighted by atomic mass is 19.2. The van der Waals surface area contributed by atoms with Gasteiger partial charge in [0.15, 0.2) is 17.5 Å². The fourth-order valence-electron chi connectivity index (χ4n) is 2.72. The Morgan fingerprint density at radius 1 is 1.21 bits per heavy atom. The molecule has 0 spiro atoms. The number of carboxylic acid groups (broad SMARTS) is 1. The third-order valence-electron chi connectivity index (χ3n) is 4.05. The smallest absolute Gasteiger partial charge is 0.325 e. The Morgan fingerprint density at radius 3 is 2.83 bits per heavy atom. The minimum Gasteiger partial charge on any atom is -0.480 e. The number of carboxylic acids is 1. The second-order valence-corrected chi connectivity index (χ2v) is 5.96. The summed E-state index contributed by atoms with van der Waals surface area (Å²) in [5.74, 6) is -3.07. The Kier molecular flexibility index (Phi) is 4.43. The molecule has 0 unspecified atom stereocenters. The van der Waals surface area contributed by atoms with Gasteiger partial charge >= 0.3 is 5.97 Å². The lowest BCUT2D eigenvalue weighted by molar-refractivity contribution is -0.137. The molecule has 4 rings (SSSR count). The maximum atomic E-state index is 14.2. The number of hydrogen-bond donors (Lipinski definition) is 2. The molecule has 0 fully saturated rings. The number of aromatic nitrogens is 7. The zero-order valence-electron chi connectivity index (χ0n) is 14.6. The van der Waals surface area contributed by atoms with Crippen LogP contribution in [0.3, 0.4) is 0 Å². The first-order chi connectivity index (χ1) is 13.9. The molecule has 0 atom stereocenters. The van der Waals surface area contributed by atoms with Crippen LogP contribution in [0.2, 0.25) is 0 Å². The van der Waals surface area contributed by atoms with Crippen molar-refractivity contribution in [1.82, 2.24) is 35.0 Å². The molecule has 146 valence electrons. The van der Waals surface area contributed by atoms with Gasteiger partial charge in [-0.25, -0.2) is 13.8 Å². The van der Waals surface area contributed by atoms with Gasteiger partial charge in [0.05, 0.1) is 11.8 Å². The molecule has 12 heteroatoms. The number of halogens is 2. The number of benzene rings is 1. The van der Waals surface area contributed by atoms with Crippen molar-refractivity contribution in [2.45, 2.75) is 6.54 Å². The number of carbonyl (C=O) groups is 1. The molecule has 3 N–H and O–H groups in total. The van der Waals surface area contributed by atoms with Gasteiger partial charge in [-0.05, 0) is 28.6 Å². The highest BCUT2D eigenvalue weighted by Crippen LogP contribution is 2.29. The van der Waals surface area contributed by atoms with Gasteiger partial charge < -0.3 is 10.8 Å². The number of anilines is 1. The van der Waals surface area contributed by atoms with Crippen LogP contribution < -0.4 is 5.73 Å². The zero-order valence-corrected chi connectivity index (χ0v) is 14.6. The second kappa shape index (κ2) is 7.07. The predicted octanol–water partition coefficient (Wildman–Crippen LogP) is 1.53. The molecule has 0 aliphatic carbocycles. The Bertz CT molecular complexity index is 1220. The van der Waals surface area contributed by atoms with E-state index in [1.54, 1.807) is 6.07 Å². The first kappa shape index (κ1) is 18.2. The van der Waals surface area contributed by atoms with E-state index >= 15 is 0 Å². The molecular formula is C17H12F2N8O2. The average molecular weight is 398 g/mol. The summed E-state index contributed by atoms with van der Waals surface area (Å²) in [6.07, 6.45) is 4.47. The lowest BCUT2D eigenvalue weighted by Crippen LogP contribution is -2.08. The fourth-order valence-corrected chi connectivity index (χ4v) is 2.72. The van der Waals surface area contributed by atoms with E-state index in [4.69, 9.17) is 10.8 Å². The second-order valence-electron chi connectivity index (χ2n) is 5.96. The molecule has 0 saturated carbocycles. The molecule has 0 aliphatic heterocycles. The normalized spacial score (nSPS) is 11.0. The number of rotatable bonds is 5. The maximum Gasteiger partial charge on any atom is 0.325 e. The highest BCUT2D eigenvalue weighted by Gasteiger charge is 2.19. The van der Waals surface area contributed by atoms with Gasteiger partial charge in [-0.1, -0.05) is 6.07 Å². The molecule has 4 aromatic rings. The molecule has 3 aromatic heterocycles. The number of tetrazole rings is 1. The van der Waals surface area contributed by atoms with E-state index in [1.165, 1.54) is 35.4 Å². The van der Waals surface area contributed by atoms with Crippen LogP contribution in [-0.2, 0) is 11.3 Å². The topological polar surface area (TPSA) is 138 Å². The third kappa shape index (κ3) is 3.38. The van der Waals surface area contributed by atoms with Crippen molar-refractivity contribution in [2.24, 2.45) is 0 Å². The molecule has 0 amide bonds. The van der Waals surface area contributed by atoms with Gasteiger partial charge in [0.2, 0.25) is 0 Å². The van der Waals surface area contributed by atoms with Crippen LogP contribution in [0.5, 0.6) is 0 Å². The standard InChI is InChI=1S/C17H12F2N8O2/c18-12-2-1-3-13(15(12)19)27-17(23-24-25-27)11-4-9(5-21-16(11)20)10-6-22-26(7-10)8-14(28)29/h1-7H,8H2,(H2,20,21)(H,28,29). The number of nitrogen functional groups attached to an aromatic ring is 1. The van der Waals surface area contributed by atoms with Crippen LogP contribution in [0.15, 0.2) is 42.9 Å². The van der Waals surface area contributed by atoms with Gasteiger partial charge in [0.1, 0.15) is 18.1 Å². The molecule has 0 radical (unpaired) electrons. The lowest BCUT2D eigenvalue weighted by Gasteiger charge is -2.09. The molecule has 0 bridgehead atoms. The van der Waals surface area contributed by atoms with Crippen LogP contribution in [0.1, 0.15) is 0 Å². The van der Waals surface area contributed by atoms with Crippen molar-refractivity contribution >= 4 is 11.8 Å². The summed E-state index contributed by atoms with van der Waals surface area (Å²) >= 11 is 0. The van der Waals surface area contributed by atoms with Crippen molar-refractivity contribution in [3.05, 3.63) is 54.5 Å². The number of nitrogens with zero attached hydrogens (tertiary/aromatic N) is 7. The van der Waals surface area contributed by atoms with Crippen LogP contribution in [0, 0.1) is 11.6 Å². The first-order valence-corrected chi connectivity index (χ1v) is 8.17. The quantitative estimate of drug-likeness (QED) is 0.516. The minimum absolute atomic E-state index is 0.0549. The highest BCUT2D eigenvalue weighted by molar-refractivity contribution is 5.76. The van der Waals surface area contributed by atoms with Crippen LogP contribution in [0.25, 0.3) is 28.2 Å². The average Bonchev–Trinajstić information content (AvgIpc) is 3.34. The number of pyridine rings is 1. The van der Waals surface area contributed by atoms with Crippen molar-refractivity contribution < 1.29 is 18.7 Å². The summed E-state index contributed by atoms with van der Waals surface area (Å²) in [7, 11) is 0. The largest absolute Gasteiger partial charge is 0.480 e. The van der Waals surface area contributed by atoms with E-state index in [0.29, 0.717) is 11.1 Å². The SMILES string of the molecule is Nc1ncc(-c2cnn(CC(=O)O)c2)cc1-c1nnnn1-c1cccc(F)c1F. The summed E-state index contributed by atoms with van der Waals surface area (Å²) in [6.45, 7) is -0.299. The van der Waals surface area contributed by atoms with Crippen molar-refractivity contribution in [3.63, 3.8) is 0 Å². The Labute approximate surface area is 161 Å². The molecule has 29 heavy (non-hydrogen) atoms. The van der Waals surface area contributed by atoms with Crippen molar-refractivity contribution in [3.8, 4) is 28.2 Å². The number of hydrogen-bond acceptors (Lipinski definition) is 7. The predicted molar refractivity (Wildman–Crippen MR) is 95.6 cm³/mol.